The number of Topliss-reactive ketones (excluding diaryl/α,β-unsaturated/α-hetero) is 1. The van der Waals surface area contributed by atoms with E-state index in [4.69, 9.17) is 19.9 Å². The molecular weight excluding hydrogens is 1350 g/mol. The van der Waals surface area contributed by atoms with Crippen molar-refractivity contribution in [1.29, 1.82) is 0 Å². The van der Waals surface area contributed by atoms with Crippen LogP contribution in [-0.2, 0) is 75.2 Å². The average Bonchev–Trinajstić information content (AvgIpc) is 1.74. The normalized spacial score (nSPS) is 16.0. The van der Waals surface area contributed by atoms with Gasteiger partial charge in [-0.2, -0.15) is 0 Å². The Kier molecular flexibility index (Phi) is 34.8. The number of likely N-dealkylation sites (tertiary alicyclic amines) is 1. The van der Waals surface area contributed by atoms with Crippen LogP contribution in [0.2, 0.25) is 0 Å². The van der Waals surface area contributed by atoms with Gasteiger partial charge in [0.25, 0.3) is 0 Å². The van der Waals surface area contributed by atoms with Gasteiger partial charge in [0.15, 0.2) is 0 Å². The summed E-state index contributed by atoms with van der Waals surface area (Å²) in [6, 6.07) is 15.7. The number of hydrogen-bond acceptors (Lipinski definition) is 16. The van der Waals surface area contributed by atoms with Gasteiger partial charge < -0.3 is 82.0 Å². The number of amides is 12. The summed E-state index contributed by atoms with van der Waals surface area (Å²) in [5.74, 6) is -6.18. The molecule has 0 spiro atoms. The van der Waals surface area contributed by atoms with Crippen molar-refractivity contribution in [2.75, 3.05) is 66.9 Å². The molecule has 1 fully saturated rings. The zero-order valence-corrected chi connectivity index (χ0v) is 63.4. The van der Waals surface area contributed by atoms with E-state index in [2.05, 4.69) is 42.2 Å². The molecule has 1 aromatic heterocycles. The lowest BCUT2D eigenvalue weighted by Crippen LogP contribution is -2.60. The largest absolute Gasteiger partial charge is 0.445 e. The lowest BCUT2D eigenvalue weighted by Gasteiger charge is -2.41. The van der Waals surface area contributed by atoms with Crippen molar-refractivity contribution in [3.8, 4) is 0 Å². The van der Waals surface area contributed by atoms with Crippen molar-refractivity contribution in [3.63, 3.8) is 0 Å². The fourth-order valence-corrected chi connectivity index (χ4v) is 13.3. The number of fused-ring (bicyclic) bond motifs is 1. The molecule has 4 aromatic rings. The van der Waals surface area contributed by atoms with Gasteiger partial charge in [0, 0.05) is 103 Å². The summed E-state index contributed by atoms with van der Waals surface area (Å²) >= 11 is 0. The third kappa shape index (κ3) is 26.0. The number of nitrogens with zero attached hydrogens (tertiary/aromatic N) is 4. The molecule has 12 amide bonds. The van der Waals surface area contributed by atoms with Crippen LogP contribution in [0.5, 0.6) is 0 Å². The number of methoxy groups -OCH3 is 2. The van der Waals surface area contributed by atoms with Crippen molar-refractivity contribution in [3.05, 3.63) is 102 Å². The molecule has 1 saturated heterocycles. The highest BCUT2D eigenvalue weighted by molar-refractivity contribution is 5.99. The van der Waals surface area contributed by atoms with Crippen LogP contribution >= 0.6 is 0 Å². The maximum atomic E-state index is 14.9. The molecule has 105 heavy (non-hydrogen) atoms. The van der Waals surface area contributed by atoms with Gasteiger partial charge in [-0.05, 0) is 98.6 Å². The third-order valence-electron chi connectivity index (χ3n) is 19.4. The molecule has 578 valence electrons. The number of aromatic nitrogens is 1. The maximum Gasteiger partial charge on any atom is 0.410 e. The number of ketones is 1. The summed E-state index contributed by atoms with van der Waals surface area (Å²) < 4.78 is 17.8. The topological polar surface area (TPSA) is 392 Å². The number of primary amides is 1. The van der Waals surface area contributed by atoms with E-state index >= 15 is 0 Å². The highest BCUT2D eigenvalue weighted by atomic mass is 16.6. The summed E-state index contributed by atoms with van der Waals surface area (Å²) in [4.78, 5) is 170. The number of hydrogen-bond donors (Lipinski definition) is 10. The zero-order chi connectivity index (χ0) is 77.8. The van der Waals surface area contributed by atoms with Crippen molar-refractivity contribution in [2.45, 2.75) is 200 Å². The maximum absolute atomic E-state index is 14.9. The number of aliphatic hydroxyl groups is 1. The third-order valence-corrected chi connectivity index (χ3v) is 19.4. The fourth-order valence-electron chi connectivity index (χ4n) is 13.3. The van der Waals surface area contributed by atoms with E-state index < -0.39 is 126 Å². The van der Waals surface area contributed by atoms with Gasteiger partial charge in [-0.3, -0.25) is 52.8 Å². The van der Waals surface area contributed by atoms with E-state index in [1.807, 2.05) is 56.3 Å². The highest BCUT2D eigenvalue weighted by Gasteiger charge is 2.44. The number of likely N-dealkylation sites (N-methyl/N-ethyl adjacent to an activating group) is 3. The van der Waals surface area contributed by atoms with E-state index in [1.165, 1.54) is 45.0 Å². The van der Waals surface area contributed by atoms with Crippen LogP contribution in [0, 0.1) is 23.7 Å². The predicted molar refractivity (Wildman–Crippen MR) is 396 cm³/mol. The molecule has 0 bridgehead atoms. The predicted octanol–water partition coefficient (Wildman–Crippen LogP) is 5.38. The number of carbonyl (C=O) groups is 12. The van der Waals surface area contributed by atoms with Crippen molar-refractivity contribution in [2.24, 2.45) is 29.4 Å². The monoisotopic (exact) mass is 1460 g/mol. The second-order valence-electron chi connectivity index (χ2n) is 28.1. The Morgan fingerprint density at radius 3 is 2.00 bits per heavy atom. The number of aromatic amines is 1. The molecule has 29 heteroatoms. The van der Waals surface area contributed by atoms with Crippen LogP contribution < -0.4 is 43.0 Å². The molecule has 1 aliphatic heterocycles. The summed E-state index contributed by atoms with van der Waals surface area (Å²) in [5, 5.41) is 31.2. The summed E-state index contributed by atoms with van der Waals surface area (Å²) in [6.45, 7) is 16.1. The Balaban J connectivity index is 1.21. The van der Waals surface area contributed by atoms with E-state index in [1.54, 1.807) is 101 Å². The molecule has 0 radical (unpaired) electrons. The molecule has 12 atom stereocenters. The molecule has 0 saturated carbocycles. The number of H-pyrrole nitrogens is 1. The first-order valence-corrected chi connectivity index (χ1v) is 36.2. The fraction of sp³-hybridized carbons (Fsp3) is 0.579. The Bertz CT molecular complexity index is 3550. The Labute approximate surface area is 616 Å². The SMILES string of the molecule is CC[C@H](C)[C@@H]([C@@H](CC(=O)N1CCC[C@H]1[C@H](OC)[C@@H](C)C(=O)N[C@H](C)[C@@H](O)c1ccccc1)OC)N(C)C(=O)[C@@H](NC(=O)[C@H](C(C)C)N(C)C(=O)OCc1ccc(NC(=O)[C@H](CCCNC(N)=O)NC(=O)[C@H](Cc2c[nH]c3ccccc23)NC(=O)CCCC(=O)NCCC(=O)N(C)CC(C)=O)cc1)C(C)C. The van der Waals surface area contributed by atoms with Crippen LogP contribution in [0.3, 0.4) is 0 Å². The lowest BCUT2D eigenvalue weighted by molar-refractivity contribution is -0.148. The Hall–Kier alpha value is -9.48. The van der Waals surface area contributed by atoms with Crippen LogP contribution in [0.15, 0.2) is 85.1 Å². The second kappa shape index (κ2) is 42.5. The quantitative estimate of drug-likeness (QED) is 0.0249. The van der Waals surface area contributed by atoms with Gasteiger partial charge in [-0.1, -0.05) is 116 Å². The van der Waals surface area contributed by atoms with Crippen LogP contribution in [0.1, 0.15) is 149 Å². The standard InChI is InChI=1S/C76H113N13O16/c1-15-47(6)67(60(103-13)41-64(94)89-39-23-29-59(89)69(104-14)49(8)70(96)81-50(9)68(95)52-24-17-16-18-25-52)87(11)74(100)65(45(2)3)85-73(99)66(46(4)5)88(12)76(102)105-44-51-32-34-54(35-33-51)82-71(97)57(28-22-37-79-75(77)101)84-72(98)58(40-53-42-80-56-27-20-19-26-55(53)56)83-62(92)31-21-30-61(91)78-38-36-63(93)86(10)43-48(7)90/h16-20,24-27,32-35,42,45-47,49-50,57-60,65-69,80,95H,15,21-23,28-31,36-41,43-44H2,1-14H3,(H,78,91)(H,81,96)(H,82,97)(H,83,92)(H,84,98)(H,85,99)(H3,77,79,101)/t47-,49+,50+,57-,58-,59-,60+,65-,66-,67-,68+,69+/m0/s1. The van der Waals surface area contributed by atoms with E-state index in [0.717, 1.165) is 10.9 Å². The van der Waals surface area contributed by atoms with Gasteiger partial charge in [0.2, 0.25) is 53.2 Å². The van der Waals surface area contributed by atoms with Gasteiger partial charge >= 0.3 is 12.1 Å². The Morgan fingerprint density at radius 1 is 0.705 bits per heavy atom. The highest BCUT2D eigenvalue weighted by Crippen LogP contribution is 2.31. The number of urea groups is 1. The number of nitrogens with two attached hydrogens (primary N) is 1. The van der Waals surface area contributed by atoms with Gasteiger partial charge in [0.1, 0.15) is 36.6 Å². The minimum Gasteiger partial charge on any atom is -0.445 e. The van der Waals surface area contributed by atoms with Crippen LogP contribution in [0.4, 0.5) is 15.3 Å². The van der Waals surface area contributed by atoms with Crippen LogP contribution in [-0.4, -0.2) is 217 Å². The Morgan fingerprint density at radius 2 is 1.37 bits per heavy atom. The van der Waals surface area contributed by atoms with Crippen molar-refractivity contribution < 1.29 is 76.9 Å². The zero-order valence-electron chi connectivity index (χ0n) is 63.4. The number of carbonyl (C=O) groups excluding carboxylic acids is 12. The summed E-state index contributed by atoms with van der Waals surface area (Å²) in [6.07, 6.45) is 0.343. The van der Waals surface area contributed by atoms with Crippen molar-refractivity contribution in [1.82, 2.24) is 56.5 Å². The molecule has 29 nitrogen and oxygen atoms in total. The first-order chi connectivity index (χ1) is 49.8. The number of rotatable bonds is 42. The van der Waals surface area contributed by atoms with Gasteiger partial charge in [0.05, 0.1) is 55.3 Å². The first-order valence-electron chi connectivity index (χ1n) is 36.2. The molecule has 2 heterocycles. The minimum atomic E-state index is -1.21. The van der Waals surface area contributed by atoms with Gasteiger partial charge in [-0.15, -0.1) is 0 Å². The molecule has 0 unspecified atom stereocenters. The smallest absolute Gasteiger partial charge is 0.410 e. The molecular formula is C76H113N13O16. The number of ether oxygens (including phenoxy) is 3. The lowest BCUT2D eigenvalue weighted by atomic mass is 9.89. The average molecular weight is 1460 g/mol. The van der Waals surface area contributed by atoms with Crippen molar-refractivity contribution >= 4 is 87.7 Å². The number of nitrogens with one attached hydrogen (secondary N) is 8. The molecule has 11 N–H and O–H groups in total. The first kappa shape index (κ1) is 86.2. The number of para-hydroxylation sites is 1. The van der Waals surface area contributed by atoms with E-state index in [9.17, 15) is 62.6 Å². The van der Waals surface area contributed by atoms with E-state index in [0.29, 0.717) is 48.2 Å². The van der Waals surface area contributed by atoms with E-state index in [-0.39, 0.29) is 107 Å². The number of anilines is 1. The molecule has 3 aromatic carbocycles. The molecule has 5 rings (SSSR count). The molecule has 1 aliphatic rings. The molecule has 0 aliphatic carbocycles. The minimum absolute atomic E-state index is 0.00798. The summed E-state index contributed by atoms with van der Waals surface area (Å²) in [7, 11) is 7.55. The second-order valence-corrected chi connectivity index (χ2v) is 28.1. The number of benzene rings is 3. The van der Waals surface area contributed by atoms with Gasteiger partial charge in [-0.25, -0.2) is 9.59 Å². The summed E-state index contributed by atoms with van der Waals surface area (Å²) in [5.41, 5.74) is 8.26. The number of aliphatic hydroxyl groups excluding tert-OH is 1. The van der Waals surface area contributed by atoms with Crippen LogP contribution in [0.25, 0.3) is 10.9 Å².